The van der Waals surface area contributed by atoms with Crippen molar-refractivity contribution in [1.82, 2.24) is 4.98 Å². The Balaban J connectivity index is 2.06. The van der Waals surface area contributed by atoms with E-state index in [9.17, 15) is 15.2 Å². The average molecular weight is 314 g/mol. The highest BCUT2D eigenvalue weighted by molar-refractivity contribution is 5.25. The summed E-state index contributed by atoms with van der Waals surface area (Å²) >= 11 is 0. The van der Waals surface area contributed by atoms with Crippen molar-refractivity contribution in [2.75, 3.05) is 0 Å². The maximum atomic E-state index is 11.8. The molecule has 0 amide bonds. The van der Waals surface area contributed by atoms with E-state index in [2.05, 4.69) is 4.98 Å². The zero-order valence-electron chi connectivity index (χ0n) is 12.6. The summed E-state index contributed by atoms with van der Waals surface area (Å²) in [5, 5.41) is 22.1. The van der Waals surface area contributed by atoms with Crippen molar-refractivity contribution in [2.45, 2.75) is 31.3 Å². The van der Waals surface area contributed by atoms with Gasteiger partial charge in [0, 0.05) is 28.8 Å². The highest BCUT2D eigenvalue weighted by Crippen LogP contribution is 2.44. The van der Waals surface area contributed by atoms with Gasteiger partial charge >= 0.3 is 0 Å². The molecule has 23 heavy (non-hydrogen) atoms. The monoisotopic (exact) mass is 314 g/mol. The van der Waals surface area contributed by atoms with Gasteiger partial charge in [0.1, 0.15) is 0 Å². The van der Waals surface area contributed by atoms with Gasteiger partial charge in [-0.15, -0.1) is 0 Å². The molecule has 3 rings (SSSR count). The van der Waals surface area contributed by atoms with E-state index in [0.29, 0.717) is 5.56 Å². The Kier molecular flexibility index (Phi) is 4.36. The Bertz CT molecular complexity index is 665. The van der Waals surface area contributed by atoms with Crippen molar-refractivity contribution < 1.29 is 14.8 Å². The molecular formula is C17H18N2O4. The minimum absolute atomic E-state index is 0.308. The fourth-order valence-electron chi connectivity index (χ4n) is 3.27. The second-order valence-corrected chi connectivity index (χ2v) is 5.81. The molecule has 2 aromatic rings. The maximum absolute atomic E-state index is 11.8. The van der Waals surface area contributed by atoms with Crippen LogP contribution in [0.1, 0.15) is 30.1 Å². The van der Waals surface area contributed by atoms with E-state index in [4.69, 9.17) is 4.74 Å². The lowest BCUT2D eigenvalue weighted by molar-refractivity contribution is -0.554. The quantitative estimate of drug-likeness (QED) is 0.695. The largest absolute Gasteiger partial charge is 0.368 e. The first-order valence-electron chi connectivity index (χ1n) is 7.51. The molecule has 0 radical (unpaired) electrons. The van der Waals surface area contributed by atoms with E-state index >= 15 is 0 Å². The second kappa shape index (κ2) is 6.44. The van der Waals surface area contributed by atoms with E-state index in [1.54, 1.807) is 31.5 Å². The molecule has 1 aliphatic heterocycles. The molecule has 1 aromatic heterocycles. The summed E-state index contributed by atoms with van der Waals surface area (Å²) in [6.07, 6.45) is 1.24. The maximum Gasteiger partial charge on any atom is 0.250 e. The number of hydrogen-bond acceptors (Lipinski definition) is 5. The van der Waals surface area contributed by atoms with Crippen LogP contribution in [-0.4, -0.2) is 27.3 Å². The third-order valence-corrected chi connectivity index (χ3v) is 4.42. The van der Waals surface area contributed by atoms with Gasteiger partial charge in [0.25, 0.3) is 0 Å². The highest BCUT2D eigenvalue weighted by atomic mass is 16.6. The molecule has 0 bridgehead atoms. The van der Waals surface area contributed by atoms with Crippen LogP contribution in [0.2, 0.25) is 0 Å². The zero-order valence-corrected chi connectivity index (χ0v) is 12.6. The molecule has 1 aromatic carbocycles. The Morgan fingerprint density at radius 3 is 2.48 bits per heavy atom. The molecule has 120 valence electrons. The van der Waals surface area contributed by atoms with Crippen molar-refractivity contribution in [1.29, 1.82) is 0 Å². The number of nitrogens with zero attached hydrogens (tertiary/aromatic N) is 2. The van der Waals surface area contributed by atoms with Gasteiger partial charge in [0.05, 0.1) is 5.92 Å². The molecule has 0 spiro atoms. The average Bonchev–Trinajstić information content (AvgIpc) is 2.58. The predicted octanol–water partition coefficient (Wildman–Crippen LogP) is 2.54. The molecule has 1 fully saturated rings. The summed E-state index contributed by atoms with van der Waals surface area (Å²) in [7, 11) is 0. The van der Waals surface area contributed by atoms with Crippen molar-refractivity contribution in [3.8, 4) is 0 Å². The van der Waals surface area contributed by atoms with Crippen LogP contribution in [0.15, 0.2) is 54.9 Å². The van der Waals surface area contributed by atoms with Crippen molar-refractivity contribution in [2.24, 2.45) is 5.92 Å². The number of aliphatic hydroxyl groups excluding tert-OH is 1. The van der Waals surface area contributed by atoms with Crippen molar-refractivity contribution in [3.05, 3.63) is 76.1 Å². The molecule has 5 atom stereocenters. The highest BCUT2D eigenvalue weighted by Gasteiger charge is 2.51. The first kappa shape index (κ1) is 15.6. The summed E-state index contributed by atoms with van der Waals surface area (Å²) < 4.78 is 5.58. The molecule has 2 heterocycles. The SMILES string of the molecule is C[C@H]1C(O)O[C@H](c2cccnc2)[C@@H]([N+](=O)[O-])[C@@H]1c1ccccc1. The topological polar surface area (TPSA) is 85.5 Å². The van der Waals surface area contributed by atoms with Crippen LogP contribution >= 0.6 is 0 Å². The molecule has 6 heteroatoms. The van der Waals surface area contributed by atoms with Crippen LogP contribution < -0.4 is 0 Å². The molecule has 0 saturated carbocycles. The molecule has 0 aliphatic carbocycles. The Morgan fingerprint density at radius 2 is 1.87 bits per heavy atom. The van der Waals surface area contributed by atoms with Crippen LogP contribution in [0.4, 0.5) is 0 Å². The fraction of sp³-hybridized carbons (Fsp3) is 0.353. The predicted molar refractivity (Wildman–Crippen MR) is 83.2 cm³/mol. The van der Waals surface area contributed by atoms with Gasteiger partial charge < -0.3 is 9.84 Å². The third-order valence-electron chi connectivity index (χ3n) is 4.42. The standard InChI is InChI=1S/C17H18N2O4/c1-11-14(12-6-3-2-4-7-12)15(19(21)22)16(23-17(11)20)13-8-5-9-18-10-13/h2-11,14-17,20H,1H3/t11-,14+,15+,16-,17?/m1/s1. The van der Waals surface area contributed by atoms with E-state index < -0.39 is 24.4 Å². The molecule has 6 nitrogen and oxygen atoms in total. The zero-order chi connectivity index (χ0) is 16.4. The summed E-state index contributed by atoms with van der Waals surface area (Å²) in [4.78, 5) is 15.5. The molecule has 1 unspecified atom stereocenters. The number of pyridine rings is 1. The van der Waals surface area contributed by atoms with E-state index in [-0.39, 0.29) is 10.8 Å². The number of aliphatic hydroxyl groups is 1. The number of hydrogen-bond donors (Lipinski definition) is 1. The van der Waals surface area contributed by atoms with Crippen LogP contribution in [0.25, 0.3) is 0 Å². The van der Waals surface area contributed by atoms with Crippen LogP contribution in [0.3, 0.4) is 0 Å². The van der Waals surface area contributed by atoms with Gasteiger partial charge in [-0.05, 0) is 11.6 Å². The fourth-order valence-corrected chi connectivity index (χ4v) is 3.27. The number of ether oxygens (including phenoxy) is 1. The van der Waals surface area contributed by atoms with Crippen LogP contribution in [0, 0.1) is 16.0 Å². The summed E-state index contributed by atoms with van der Waals surface area (Å²) in [5.41, 5.74) is 1.43. The molecule has 1 aliphatic rings. The van der Waals surface area contributed by atoms with Gasteiger partial charge in [-0.25, -0.2) is 0 Å². The molecular weight excluding hydrogens is 296 g/mol. The number of aromatic nitrogens is 1. The van der Waals surface area contributed by atoms with Gasteiger partial charge in [-0.1, -0.05) is 43.3 Å². The summed E-state index contributed by atoms with van der Waals surface area (Å²) in [5.74, 6) is -0.833. The lowest BCUT2D eigenvalue weighted by atomic mass is 9.76. The van der Waals surface area contributed by atoms with E-state index in [1.165, 1.54) is 0 Å². The Labute approximate surface area is 133 Å². The third kappa shape index (κ3) is 2.95. The summed E-state index contributed by atoms with van der Waals surface area (Å²) in [6.45, 7) is 1.78. The van der Waals surface area contributed by atoms with Gasteiger partial charge in [0.15, 0.2) is 12.4 Å². The minimum Gasteiger partial charge on any atom is -0.368 e. The van der Waals surface area contributed by atoms with Crippen LogP contribution in [0.5, 0.6) is 0 Å². The first-order chi connectivity index (χ1) is 11.1. The lowest BCUT2D eigenvalue weighted by Crippen LogP contribution is -2.48. The van der Waals surface area contributed by atoms with E-state index in [0.717, 1.165) is 5.56 Å². The minimum atomic E-state index is -1.07. The number of rotatable bonds is 3. The Morgan fingerprint density at radius 1 is 1.17 bits per heavy atom. The van der Waals surface area contributed by atoms with Gasteiger partial charge in [-0.3, -0.25) is 15.1 Å². The van der Waals surface area contributed by atoms with E-state index in [1.807, 2.05) is 30.3 Å². The van der Waals surface area contributed by atoms with Crippen molar-refractivity contribution >= 4 is 0 Å². The van der Waals surface area contributed by atoms with Crippen molar-refractivity contribution in [3.63, 3.8) is 0 Å². The number of nitro groups is 1. The second-order valence-electron chi connectivity index (χ2n) is 5.81. The van der Waals surface area contributed by atoms with Gasteiger partial charge in [0.2, 0.25) is 6.04 Å². The smallest absolute Gasteiger partial charge is 0.250 e. The molecule has 1 saturated heterocycles. The van der Waals surface area contributed by atoms with Crippen LogP contribution in [-0.2, 0) is 4.74 Å². The molecule has 1 N–H and O–H groups in total. The lowest BCUT2D eigenvalue weighted by Gasteiger charge is -2.40. The normalized spacial score (nSPS) is 30.8. The van der Waals surface area contributed by atoms with Gasteiger partial charge in [-0.2, -0.15) is 0 Å². The Hall–Kier alpha value is -2.31. The first-order valence-corrected chi connectivity index (χ1v) is 7.51. The number of benzene rings is 1. The summed E-state index contributed by atoms with van der Waals surface area (Å²) in [6, 6.07) is 11.7.